The Hall–Kier alpha value is -3.07. The van der Waals surface area contributed by atoms with Crippen LogP contribution in [0.25, 0.3) is 21.7 Å². The molecule has 0 bridgehead atoms. The van der Waals surface area contributed by atoms with E-state index >= 15 is 0 Å². The van der Waals surface area contributed by atoms with Crippen LogP contribution < -0.4 is 4.74 Å². The Balaban J connectivity index is 1.84. The Morgan fingerprint density at radius 1 is 0.913 bits per heavy atom. The lowest BCUT2D eigenvalue weighted by Gasteiger charge is -2.04. The van der Waals surface area contributed by atoms with E-state index < -0.39 is 0 Å². The third kappa shape index (κ3) is 2.27. The lowest BCUT2D eigenvalue weighted by atomic mass is 10.00. The monoisotopic (exact) mass is 301 g/mol. The molecule has 23 heavy (non-hydrogen) atoms. The molecule has 1 heterocycles. The number of ether oxygens (including phenoxy) is 1. The normalized spacial score (nSPS) is 11.0. The van der Waals surface area contributed by atoms with E-state index in [9.17, 15) is 4.79 Å². The lowest BCUT2D eigenvalue weighted by Crippen LogP contribution is -2.02. The summed E-state index contributed by atoms with van der Waals surface area (Å²) in [5.41, 5.74) is 2.22. The molecule has 0 fully saturated rings. The molecule has 0 saturated carbocycles. The summed E-state index contributed by atoms with van der Waals surface area (Å²) in [7, 11) is 1.63. The fraction of sp³-hybridized carbons (Fsp3) is 0.0500. The molecule has 0 aliphatic heterocycles. The van der Waals surface area contributed by atoms with Crippen molar-refractivity contribution in [3.63, 3.8) is 0 Å². The number of benzene rings is 3. The zero-order chi connectivity index (χ0) is 15.8. The molecule has 0 saturated heterocycles. The van der Waals surface area contributed by atoms with Crippen LogP contribution in [0.4, 0.5) is 0 Å². The largest absolute Gasteiger partial charge is 0.497 e. The van der Waals surface area contributed by atoms with Gasteiger partial charge >= 0.3 is 0 Å². The molecular formula is C20H15NO2. The van der Waals surface area contributed by atoms with Crippen molar-refractivity contribution in [2.75, 3.05) is 7.11 Å². The average molecular weight is 301 g/mol. The van der Waals surface area contributed by atoms with E-state index in [4.69, 9.17) is 4.74 Å². The molecule has 3 aromatic carbocycles. The van der Waals surface area contributed by atoms with Gasteiger partial charge in [0.05, 0.1) is 12.8 Å². The minimum atomic E-state index is -0.00281. The fourth-order valence-electron chi connectivity index (χ4n) is 2.93. The van der Waals surface area contributed by atoms with Gasteiger partial charge in [-0.3, -0.25) is 4.79 Å². The van der Waals surface area contributed by atoms with Crippen LogP contribution in [0.15, 0.2) is 66.7 Å². The van der Waals surface area contributed by atoms with Gasteiger partial charge in [-0.2, -0.15) is 0 Å². The van der Waals surface area contributed by atoms with Gasteiger partial charge in [-0.05, 0) is 35.0 Å². The Labute approximate surface area is 133 Å². The first kappa shape index (κ1) is 13.6. The second kappa shape index (κ2) is 5.29. The molecule has 0 radical (unpaired) electrons. The summed E-state index contributed by atoms with van der Waals surface area (Å²) in [4.78, 5) is 16.1. The number of hydrogen-bond acceptors (Lipinski definition) is 2. The van der Waals surface area contributed by atoms with Crippen molar-refractivity contribution in [3.8, 4) is 5.75 Å². The highest BCUT2D eigenvalue weighted by molar-refractivity contribution is 6.16. The highest BCUT2D eigenvalue weighted by Crippen LogP contribution is 2.25. The lowest BCUT2D eigenvalue weighted by molar-refractivity contribution is 0.103. The number of ketones is 1. The van der Waals surface area contributed by atoms with E-state index in [1.54, 1.807) is 7.11 Å². The Bertz CT molecular complexity index is 1020. The third-order valence-corrected chi connectivity index (χ3v) is 4.11. The van der Waals surface area contributed by atoms with Crippen LogP contribution in [0.2, 0.25) is 0 Å². The molecule has 4 aromatic rings. The topological polar surface area (TPSA) is 42.1 Å². The third-order valence-electron chi connectivity index (χ3n) is 4.11. The van der Waals surface area contributed by atoms with Gasteiger partial charge in [0.2, 0.25) is 5.78 Å². The fourth-order valence-corrected chi connectivity index (χ4v) is 2.93. The zero-order valence-electron chi connectivity index (χ0n) is 12.7. The van der Waals surface area contributed by atoms with Crippen LogP contribution in [0, 0.1) is 0 Å². The quantitative estimate of drug-likeness (QED) is 0.564. The van der Waals surface area contributed by atoms with E-state index in [-0.39, 0.29) is 5.78 Å². The van der Waals surface area contributed by atoms with Crippen LogP contribution >= 0.6 is 0 Å². The summed E-state index contributed by atoms with van der Waals surface area (Å²) < 4.78 is 5.24. The number of fused-ring (bicyclic) bond motifs is 2. The van der Waals surface area contributed by atoms with E-state index in [1.165, 1.54) is 0 Å². The van der Waals surface area contributed by atoms with Gasteiger partial charge < -0.3 is 9.72 Å². The van der Waals surface area contributed by atoms with Gasteiger partial charge in [0.25, 0.3) is 0 Å². The maximum Gasteiger partial charge on any atom is 0.209 e. The van der Waals surface area contributed by atoms with Crippen molar-refractivity contribution in [1.82, 2.24) is 4.98 Å². The molecule has 3 heteroatoms. The maximum absolute atomic E-state index is 12.9. The number of hydrogen-bond donors (Lipinski definition) is 1. The highest BCUT2D eigenvalue weighted by Gasteiger charge is 2.15. The van der Waals surface area contributed by atoms with E-state index in [1.807, 2.05) is 66.7 Å². The van der Waals surface area contributed by atoms with Crippen molar-refractivity contribution < 1.29 is 9.53 Å². The first-order valence-corrected chi connectivity index (χ1v) is 7.45. The van der Waals surface area contributed by atoms with E-state index in [0.717, 1.165) is 27.4 Å². The molecule has 0 spiro atoms. The smallest absolute Gasteiger partial charge is 0.209 e. The minimum Gasteiger partial charge on any atom is -0.497 e. The molecule has 0 aliphatic carbocycles. The molecule has 0 unspecified atom stereocenters. The number of methoxy groups -OCH3 is 1. The predicted octanol–water partition coefficient (Wildman–Crippen LogP) is 4.56. The number of carbonyl (C=O) groups is 1. The SMILES string of the molecule is COc1ccc2[nH]c(C(=O)c3cccc4ccccc34)cc2c1. The van der Waals surface area contributed by atoms with Gasteiger partial charge in [0.15, 0.2) is 0 Å². The second-order valence-corrected chi connectivity index (χ2v) is 5.49. The van der Waals surface area contributed by atoms with E-state index in [2.05, 4.69) is 4.98 Å². The standard InChI is InChI=1S/C20H15NO2/c1-23-15-9-10-18-14(11-15)12-19(21-18)20(22)17-8-4-6-13-5-2-3-7-16(13)17/h2-12,21H,1H3. The highest BCUT2D eigenvalue weighted by atomic mass is 16.5. The van der Waals surface area contributed by atoms with Gasteiger partial charge in [-0.25, -0.2) is 0 Å². The van der Waals surface area contributed by atoms with Crippen molar-refractivity contribution >= 4 is 27.5 Å². The summed E-state index contributed by atoms with van der Waals surface area (Å²) in [6.07, 6.45) is 0. The van der Waals surface area contributed by atoms with Crippen LogP contribution in [0.3, 0.4) is 0 Å². The first-order chi connectivity index (χ1) is 11.3. The van der Waals surface area contributed by atoms with Crippen LogP contribution in [0.5, 0.6) is 5.75 Å². The Kier molecular flexibility index (Phi) is 3.12. The van der Waals surface area contributed by atoms with Gasteiger partial charge in [-0.15, -0.1) is 0 Å². The first-order valence-electron chi connectivity index (χ1n) is 7.45. The van der Waals surface area contributed by atoms with E-state index in [0.29, 0.717) is 11.3 Å². The Morgan fingerprint density at radius 3 is 2.61 bits per heavy atom. The number of aromatic amines is 1. The molecule has 1 aromatic heterocycles. The predicted molar refractivity (Wildman–Crippen MR) is 92.2 cm³/mol. The molecule has 3 nitrogen and oxygen atoms in total. The van der Waals surface area contributed by atoms with Crippen molar-refractivity contribution in [2.45, 2.75) is 0 Å². The second-order valence-electron chi connectivity index (χ2n) is 5.49. The summed E-state index contributed by atoms with van der Waals surface area (Å²) in [6, 6.07) is 21.3. The van der Waals surface area contributed by atoms with Gasteiger partial charge in [0.1, 0.15) is 5.75 Å². The van der Waals surface area contributed by atoms with Crippen molar-refractivity contribution in [2.24, 2.45) is 0 Å². The Morgan fingerprint density at radius 2 is 1.74 bits per heavy atom. The van der Waals surface area contributed by atoms with Crippen LogP contribution in [-0.2, 0) is 0 Å². The summed E-state index contributed by atoms with van der Waals surface area (Å²) in [5.74, 6) is 0.776. The average Bonchev–Trinajstić information content (AvgIpc) is 3.03. The van der Waals surface area contributed by atoms with Crippen LogP contribution in [0.1, 0.15) is 16.1 Å². The molecule has 0 aliphatic rings. The van der Waals surface area contributed by atoms with Crippen molar-refractivity contribution in [3.05, 3.63) is 78.0 Å². The number of carbonyl (C=O) groups excluding carboxylic acids is 1. The molecule has 0 amide bonds. The molecular weight excluding hydrogens is 286 g/mol. The number of rotatable bonds is 3. The summed E-state index contributed by atoms with van der Waals surface area (Å²) in [6.45, 7) is 0. The zero-order valence-corrected chi connectivity index (χ0v) is 12.7. The number of nitrogens with one attached hydrogen (secondary N) is 1. The molecule has 4 rings (SSSR count). The number of H-pyrrole nitrogens is 1. The summed E-state index contributed by atoms with van der Waals surface area (Å²) >= 11 is 0. The summed E-state index contributed by atoms with van der Waals surface area (Å²) in [5, 5.41) is 3.00. The van der Waals surface area contributed by atoms with Crippen LogP contribution in [-0.4, -0.2) is 17.9 Å². The molecule has 1 N–H and O–H groups in total. The molecule has 0 atom stereocenters. The number of aromatic nitrogens is 1. The van der Waals surface area contributed by atoms with Gasteiger partial charge in [-0.1, -0.05) is 42.5 Å². The van der Waals surface area contributed by atoms with Gasteiger partial charge in [0, 0.05) is 16.5 Å². The maximum atomic E-state index is 12.9. The minimum absolute atomic E-state index is 0.00281. The molecule has 112 valence electrons. The van der Waals surface area contributed by atoms with Crippen molar-refractivity contribution in [1.29, 1.82) is 0 Å².